The summed E-state index contributed by atoms with van der Waals surface area (Å²) in [5.41, 5.74) is 4.36. The monoisotopic (exact) mass is 317 g/mol. The Morgan fingerprint density at radius 2 is 1.81 bits per heavy atom. The molecule has 0 bridgehead atoms. The van der Waals surface area contributed by atoms with Crippen molar-refractivity contribution in [2.75, 3.05) is 5.32 Å². The van der Waals surface area contributed by atoms with Crippen LogP contribution in [0.5, 0.6) is 0 Å². The van der Waals surface area contributed by atoms with Crippen LogP contribution < -0.4 is 5.32 Å². The zero-order valence-electron chi connectivity index (χ0n) is 11.4. The Morgan fingerprint density at radius 1 is 1.05 bits per heavy atom. The van der Waals surface area contributed by atoms with Gasteiger partial charge in [0.2, 0.25) is 0 Å². The zero-order chi connectivity index (χ0) is 14.8. The number of anilines is 1. The lowest BCUT2D eigenvalue weighted by Crippen LogP contribution is -2.03. The van der Waals surface area contributed by atoms with Crippen LogP contribution in [0.15, 0.2) is 42.6 Å². The van der Waals surface area contributed by atoms with Crippen molar-refractivity contribution in [3.8, 4) is 0 Å². The molecule has 2 aromatic carbocycles. The molecule has 0 amide bonds. The second-order valence-corrected chi connectivity index (χ2v) is 5.60. The van der Waals surface area contributed by atoms with E-state index in [1.807, 2.05) is 43.3 Å². The van der Waals surface area contributed by atoms with Gasteiger partial charge in [-0.15, -0.1) is 0 Å². The number of rotatable bonds is 3. The van der Waals surface area contributed by atoms with Gasteiger partial charge < -0.3 is 5.32 Å². The molecule has 0 saturated heterocycles. The molecular weight excluding hydrogens is 305 g/mol. The Labute approximate surface area is 132 Å². The molecule has 0 radical (unpaired) electrons. The van der Waals surface area contributed by atoms with Gasteiger partial charge in [0.15, 0.2) is 0 Å². The summed E-state index contributed by atoms with van der Waals surface area (Å²) < 4.78 is 0. The zero-order valence-corrected chi connectivity index (χ0v) is 12.9. The highest BCUT2D eigenvalue weighted by molar-refractivity contribution is 6.35. The van der Waals surface area contributed by atoms with E-state index >= 15 is 0 Å². The molecule has 0 spiro atoms. The van der Waals surface area contributed by atoms with Gasteiger partial charge in [0.25, 0.3) is 0 Å². The van der Waals surface area contributed by atoms with Gasteiger partial charge in [-0.2, -0.15) is 0 Å². The fraction of sp³-hybridized carbons (Fsp3) is 0.125. The molecule has 0 aliphatic carbocycles. The first-order valence-electron chi connectivity index (χ1n) is 6.53. The van der Waals surface area contributed by atoms with E-state index in [9.17, 15) is 0 Å². The number of fused-ring (bicyclic) bond motifs is 1. The van der Waals surface area contributed by atoms with E-state index in [0.29, 0.717) is 16.6 Å². The Morgan fingerprint density at radius 3 is 2.62 bits per heavy atom. The lowest BCUT2D eigenvalue weighted by Gasteiger charge is -2.10. The molecule has 0 aliphatic heterocycles. The second kappa shape index (κ2) is 5.88. The normalized spacial score (nSPS) is 10.8. The van der Waals surface area contributed by atoms with Gasteiger partial charge in [-0.25, -0.2) is 4.98 Å². The van der Waals surface area contributed by atoms with Crippen molar-refractivity contribution in [3.05, 3.63) is 63.9 Å². The molecule has 5 heteroatoms. The molecular formula is C16H13Cl2N3. The van der Waals surface area contributed by atoms with Crippen LogP contribution in [0.1, 0.15) is 11.3 Å². The van der Waals surface area contributed by atoms with E-state index < -0.39 is 0 Å². The number of halogens is 2. The minimum absolute atomic E-state index is 0.539. The first-order chi connectivity index (χ1) is 10.1. The molecule has 0 fully saturated rings. The van der Waals surface area contributed by atoms with Crippen molar-refractivity contribution in [3.63, 3.8) is 0 Å². The maximum Gasteiger partial charge on any atom is 0.0890 e. The molecule has 106 valence electrons. The third-order valence-corrected chi connectivity index (χ3v) is 3.93. The van der Waals surface area contributed by atoms with Gasteiger partial charge in [0.1, 0.15) is 0 Å². The highest BCUT2D eigenvalue weighted by Crippen LogP contribution is 2.29. The summed E-state index contributed by atoms with van der Waals surface area (Å²) in [6, 6.07) is 11.5. The average molecular weight is 318 g/mol. The summed E-state index contributed by atoms with van der Waals surface area (Å²) in [5, 5.41) is 4.57. The maximum atomic E-state index is 6.21. The van der Waals surface area contributed by atoms with Gasteiger partial charge in [-0.1, -0.05) is 35.3 Å². The Hall–Kier alpha value is -1.84. The smallest absolute Gasteiger partial charge is 0.0890 e. The summed E-state index contributed by atoms with van der Waals surface area (Å²) in [7, 11) is 0. The third-order valence-electron chi connectivity index (χ3n) is 3.21. The van der Waals surface area contributed by atoms with E-state index in [1.54, 1.807) is 6.20 Å². The molecule has 1 N–H and O–H groups in total. The molecule has 21 heavy (non-hydrogen) atoms. The van der Waals surface area contributed by atoms with Crippen LogP contribution >= 0.6 is 23.2 Å². The summed E-state index contributed by atoms with van der Waals surface area (Å²) in [6.07, 6.45) is 1.76. The van der Waals surface area contributed by atoms with Crippen LogP contribution in [0.2, 0.25) is 10.0 Å². The predicted octanol–water partition coefficient (Wildman–Crippen LogP) is 4.86. The molecule has 1 heterocycles. The highest BCUT2D eigenvalue weighted by atomic mass is 35.5. The first-order valence-corrected chi connectivity index (χ1v) is 7.29. The lowest BCUT2D eigenvalue weighted by atomic mass is 10.2. The van der Waals surface area contributed by atoms with Crippen molar-refractivity contribution < 1.29 is 0 Å². The van der Waals surface area contributed by atoms with E-state index in [1.165, 1.54) is 0 Å². The number of nitrogens with one attached hydrogen (secondary N) is 1. The van der Waals surface area contributed by atoms with Gasteiger partial charge >= 0.3 is 0 Å². The summed E-state index contributed by atoms with van der Waals surface area (Å²) >= 11 is 12.3. The van der Waals surface area contributed by atoms with Crippen molar-refractivity contribution in [2.24, 2.45) is 0 Å². The van der Waals surface area contributed by atoms with E-state index in [2.05, 4.69) is 15.3 Å². The third kappa shape index (κ3) is 3.09. The Kier molecular flexibility index (Phi) is 3.95. The van der Waals surface area contributed by atoms with E-state index in [4.69, 9.17) is 23.2 Å². The number of benzene rings is 2. The molecule has 0 atom stereocenters. The number of aryl methyl sites for hydroxylation is 1. The molecule has 3 rings (SSSR count). The Balaban J connectivity index is 1.81. The molecule has 1 aromatic heterocycles. The van der Waals surface area contributed by atoms with Crippen LogP contribution in [0.25, 0.3) is 11.0 Å². The molecule has 0 aliphatic rings. The average Bonchev–Trinajstić information content (AvgIpc) is 2.49. The number of hydrogen-bond acceptors (Lipinski definition) is 3. The predicted molar refractivity (Wildman–Crippen MR) is 88.1 cm³/mol. The van der Waals surface area contributed by atoms with Crippen molar-refractivity contribution in [2.45, 2.75) is 13.5 Å². The van der Waals surface area contributed by atoms with Gasteiger partial charge in [-0.3, -0.25) is 4.98 Å². The standard InChI is InChI=1S/C16H13Cl2N3/c1-10-6-13(18)16(7-12(10)17)20-9-11-8-19-14-4-2-3-5-15(14)21-11/h2-8,20H,9H2,1H3. The van der Waals surface area contributed by atoms with E-state index in [0.717, 1.165) is 28.0 Å². The quantitative estimate of drug-likeness (QED) is 0.749. The van der Waals surface area contributed by atoms with Gasteiger partial charge in [-0.05, 0) is 36.8 Å². The Bertz CT molecular complexity index is 803. The van der Waals surface area contributed by atoms with Crippen LogP contribution in [-0.4, -0.2) is 9.97 Å². The molecule has 0 unspecified atom stereocenters. The highest BCUT2D eigenvalue weighted by Gasteiger charge is 2.05. The maximum absolute atomic E-state index is 6.21. The second-order valence-electron chi connectivity index (χ2n) is 4.78. The molecule has 3 aromatic rings. The number of para-hydroxylation sites is 2. The topological polar surface area (TPSA) is 37.8 Å². The van der Waals surface area contributed by atoms with Gasteiger partial charge in [0, 0.05) is 5.02 Å². The van der Waals surface area contributed by atoms with E-state index in [-0.39, 0.29) is 0 Å². The van der Waals surface area contributed by atoms with Crippen molar-refractivity contribution in [1.29, 1.82) is 0 Å². The number of hydrogen-bond donors (Lipinski definition) is 1. The van der Waals surface area contributed by atoms with Crippen molar-refractivity contribution >= 4 is 39.9 Å². The summed E-state index contributed by atoms with van der Waals surface area (Å²) in [6.45, 7) is 2.46. The molecule has 3 nitrogen and oxygen atoms in total. The molecule has 0 saturated carbocycles. The SMILES string of the molecule is Cc1cc(Cl)c(NCc2cnc3ccccc3n2)cc1Cl. The fourth-order valence-electron chi connectivity index (χ4n) is 2.05. The summed E-state index contributed by atoms with van der Waals surface area (Å²) in [5.74, 6) is 0. The van der Waals surface area contributed by atoms with Crippen LogP contribution in [0, 0.1) is 6.92 Å². The number of nitrogens with zero attached hydrogens (tertiary/aromatic N) is 2. The van der Waals surface area contributed by atoms with Gasteiger partial charge in [0.05, 0.1) is 40.2 Å². The first kappa shape index (κ1) is 14.1. The minimum Gasteiger partial charge on any atom is -0.378 e. The number of aromatic nitrogens is 2. The lowest BCUT2D eigenvalue weighted by molar-refractivity contribution is 1.04. The largest absolute Gasteiger partial charge is 0.378 e. The fourth-order valence-corrected chi connectivity index (χ4v) is 2.50. The van der Waals surface area contributed by atoms with Crippen molar-refractivity contribution in [1.82, 2.24) is 9.97 Å². The van der Waals surface area contributed by atoms with Crippen LogP contribution in [0.4, 0.5) is 5.69 Å². The van der Waals surface area contributed by atoms with Crippen LogP contribution in [-0.2, 0) is 6.54 Å². The minimum atomic E-state index is 0.539. The van der Waals surface area contributed by atoms with Crippen LogP contribution in [0.3, 0.4) is 0 Å². The summed E-state index contributed by atoms with van der Waals surface area (Å²) in [4.78, 5) is 8.94.